The number of carbonyl (C=O) groups excluding carboxylic acids is 3. The number of carbonyl (C=O) groups is 3. The molecule has 3 rings (SSSR count). The van der Waals surface area contributed by atoms with Crippen molar-refractivity contribution in [1.29, 1.82) is 0 Å². The quantitative estimate of drug-likeness (QED) is 0.742. The first-order chi connectivity index (χ1) is 13.5. The maximum absolute atomic E-state index is 12.3. The average molecular weight is 405 g/mol. The molecule has 0 radical (unpaired) electrons. The number of morpholine rings is 1. The van der Waals surface area contributed by atoms with Gasteiger partial charge in [0.25, 0.3) is 5.91 Å². The van der Waals surface area contributed by atoms with Crippen LogP contribution in [0.3, 0.4) is 0 Å². The van der Waals surface area contributed by atoms with Crippen molar-refractivity contribution >= 4 is 40.2 Å². The van der Waals surface area contributed by atoms with Crippen LogP contribution in [0.4, 0.5) is 5.69 Å². The van der Waals surface area contributed by atoms with Crippen molar-refractivity contribution in [3.63, 3.8) is 0 Å². The SMILES string of the molecule is CCOc1ccc(NC(=O)C[C@H]2SC(CC(=O)N3CCOCC3)=NC2=O)cc1. The summed E-state index contributed by atoms with van der Waals surface area (Å²) in [4.78, 5) is 42.3. The smallest absolute Gasteiger partial charge is 0.260 e. The van der Waals surface area contributed by atoms with Crippen molar-refractivity contribution in [2.24, 2.45) is 4.99 Å². The molecule has 2 aliphatic heterocycles. The molecule has 1 saturated heterocycles. The van der Waals surface area contributed by atoms with Crippen molar-refractivity contribution in [3.05, 3.63) is 24.3 Å². The normalized spacial score (nSPS) is 19.3. The van der Waals surface area contributed by atoms with Gasteiger partial charge in [-0.3, -0.25) is 14.4 Å². The van der Waals surface area contributed by atoms with Crippen molar-refractivity contribution in [2.45, 2.75) is 25.0 Å². The lowest BCUT2D eigenvalue weighted by atomic mass is 10.2. The molecule has 150 valence electrons. The molecule has 0 aromatic heterocycles. The van der Waals surface area contributed by atoms with E-state index in [0.29, 0.717) is 43.6 Å². The van der Waals surface area contributed by atoms with Gasteiger partial charge in [-0.05, 0) is 31.2 Å². The summed E-state index contributed by atoms with van der Waals surface area (Å²) in [5, 5.41) is 2.65. The van der Waals surface area contributed by atoms with Gasteiger partial charge >= 0.3 is 0 Å². The predicted molar refractivity (Wildman–Crippen MR) is 107 cm³/mol. The molecule has 3 amide bonds. The van der Waals surface area contributed by atoms with Gasteiger partial charge in [-0.15, -0.1) is 0 Å². The molecule has 0 bridgehead atoms. The van der Waals surface area contributed by atoms with Gasteiger partial charge in [0, 0.05) is 25.2 Å². The highest BCUT2D eigenvalue weighted by Crippen LogP contribution is 2.28. The van der Waals surface area contributed by atoms with Crippen molar-refractivity contribution in [3.8, 4) is 5.75 Å². The zero-order valence-electron chi connectivity index (χ0n) is 15.7. The summed E-state index contributed by atoms with van der Waals surface area (Å²) in [6.45, 7) is 4.63. The summed E-state index contributed by atoms with van der Waals surface area (Å²) in [5.41, 5.74) is 0.632. The molecule has 0 unspecified atom stereocenters. The fraction of sp³-hybridized carbons (Fsp3) is 0.474. The van der Waals surface area contributed by atoms with Gasteiger partial charge < -0.3 is 19.7 Å². The lowest BCUT2D eigenvalue weighted by molar-refractivity contribution is -0.133. The third-order valence-corrected chi connectivity index (χ3v) is 5.44. The molecule has 0 spiro atoms. The summed E-state index contributed by atoms with van der Waals surface area (Å²) >= 11 is 1.20. The van der Waals surface area contributed by atoms with Crippen molar-refractivity contribution in [1.82, 2.24) is 4.90 Å². The number of hydrogen-bond acceptors (Lipinski definition) is 6. The van der Waals surface area contributed by atoms with Gasteiger partial charge in [-0.1, -0.05) is 11.8 Å². The highest BCUT2D eigenvalue weighted by Gasteiger charge is 2.32. The molecular weight excluding hydrogens is 382 g/mol. The summed E-state index contributed by atoms with van der Waals surface area (Å²) < 4.78 is 10.6. The second-order valence-corrected chi connectivity index (χ2v) is 7.61. The van der Waals surface area contributed by atoms with E-state index in [4.69, 9.17) is 9.47 Å². The van der Waals surface area contributed by atoms with Crippen LogP contribution >= 0.6 is 11.8 Å². The van der Waals surface area contributed by atoms with Crippen LogP contribution in [0.25, 0.3) is 0 Å². The Labute approximate surface area is 167 Å². The van der Waals surface area contributed by atoms with E-state index in [2.05, 4.69) is 10.3 Å². The number of benzene rings is 1. The maximum Gasteiger partial charge on any atom is 0.260 e. The van der Waals surface area contributed by atoms with Gasteiger partial charge in [0.1, 0.15) is 11.0 Å². The molecule has 1 aromatic rings. The summed E-state index contributed by atoms with van der Waals surface area (Å²) in [7, 11) is 0. The lowest BCUT2D eigenvalue weighted by Gasteiger charge is -2.26. The van der Waals surface area contributed by atoms with Crippen LogP contribution in [0, 0.1) is 0 Å². The van der Waals surface area contributed by atoms with E-state index in [0.717, 1.165) is 5.75 Å². The fourth-order valence-corrected chi connectivity index (χ4v) is 3.95. The number of aliphatic imine (C=N–C) groups is 1. The number of nitrogens with zero attached hydrogens (tertiary/aromatic N) is 2. The van der Waals surface area contributed by atoms with Crippen LogP contribution in [0.5, 0.6) is 5.75 Å². The molecule has 9 heteroatoms. The number of hydrogen-bond donors (Lipinski definition) is 1. The van der Waals surface area contributed by atoms with E-state index in [1.807, 2.05) is 6.92 Å². The van der Waals surface area contributed by atoms with E-state index in [9.17, 15) is 14.4 Å². The van der Waals surface area contributed by atoms with Crippen LogP contribution in [-0.2, 0) is 19.1 Å². The first kappa shape index (κ1) is 20.3. The number of anilines is 1. The van der Waals surface area contributed by atoms with E-state index in [1.165, 1.54) is 11.8 Å². The van der Waals surface area contributed by atoms with Gasteiger partial charge in [-0.2, -0.15) is 0 Å². The Morgan fingerprint density at radius 2 is 2.00 bits per heavy atom. The number of amides is 3. The van der Waals surface area contributed by atoms with E-state index >= 15 is 0 Å². The summed E-state index contributed by atoms with van der Waals surface area (Å²) in [5.74, 6) is 0.0226. The Bertz CT molecular complexity index is 759. The number of ether oxygens (including phenoxy) is 2. The molecule has 0 aliphatic carbocycles. The highest BCUT2D eigenvalue weighted by molar-refractivity contribution is 8.15. The van der Waals surface area contributed by atoms with Gasteiger partial charge in [0.2, 0.25) is 11.8 Å². The van der Waals surface area contributed by atoms with Crippen LogP contribution in [0.1, 0.15) is 19.8 Å². The van der Waals surface area contributed by atoms with Crippen molar-refractivity contribution < 1.29 is 23.9 Å². The first-order valence-electron chi connectivity index (χ1n) is 9.21. The third kappa shape index (κ3) is 5.56. The third-order valence-electron chi connectivity index (χ3n) is 4.27. The largest absolute Gasteiger partial charge is 0.494 e. The van der Waals surface area contributed by atoms with Gasteiger partial charge in [0.15, 0.2) is 0 Å². The monoisotopic (exact) mass is 405 g/mol. The molecule has 1 atom stereocenters. The van der Waals surface area contributed by atoms with Gasteiger partial charge in [-0.25, -0.2) is 4.99 Å². The lowest BCUT2D eigenvalue weighted by Crippen LogP contribution is -2.41. The standard InChI is InChI=1S/C19H23N3O5S/c1-2-27-14-5-3-13(4-6-14)20-16(23)11-15-19(25)21-17(28-15)12-18(24)22-7-9-26-10-8-22/h3-6,15H,2,7-12H2,1H3,(H,20,23)/t15-/m1/s1. The minimum Gasteiger partial charge on any atom is -0.494 e. The molecular formula is C19H23N3O5S. The topological polar surface area (TPSA) is 97.3 Å². The Morgan fingerprint density at radius 1 is 1.29 bits per heavy atom. The summed E-state index contributed by atoms with van der Waals surface area (Å²) in [6.07, 6.45) is 0.100. The number of rotatable bonds is 7. The Hall–Kier alpha value is -2.39. The molecule has 0 saturated carbocycles. The second kappa shape index (κ2) is 9.70. The van der Waals surface area contributed by atoms with Crippen molar-refractivity contribution in [2.75, 3.05) is 38.2 Å². The van der Waals surface area contributed by atoms with Crippen LogP contribution in [-0.4, -0.2) is 65.8 Å². The molecule has 2 heterocycles. The predicted octanol–water partition coefficient (Wildman–Crippen LogP) is 1.70. The minimum absolute atomic E-state index is 0.00938. The molecule has 28 heavy (non-hydrogen) atoms. The second-order valence-electron chi connectivity index (χ2n) is 6.33. The van der Waals surface area contributed by atoms with E-state index < -0.39 is 5.25 Å². The average Bonchev–Trinajstić information content (AvgIpc) is 3.03. The van der Waals surface area contributed by atoms with Crippen LogP contribution < -0.4 is 10.1 Å². The first-order valence-corrected chi connectivity index (χ1v) is 10.1. The van der Waals surface area contributed by atoms with E-state index in [-0.39, 0.29) is 30.6 Å². The Kier molecular flexibility index (Phi) is 7.05. The molecule has 1 fully saturated rings. The summed E-state index contributed by atoms with van der Waals surface area (Å²) in [6, 6.07) is 7.03. The minimum atomic E-state index is -0.588. The number of thioether (sulfide) groups is 1. The molecule has 1 aromatic carbocycles. The zero-order valence-corrected chi connectivity index (χ0v) is 16.5. The fourth-order valence-electron chi connectivity index (χ4n) is 2.88. The molecule has 1 N–H and O–H groups in total. The highest BCUT2D eigenvalue weighted by atomic mass is 32.2. The maximum atomic E-state index is 12.3. The molecule has 2 aliphatic rings. The van der Waals surface area contributed by atoms with E-state index in [1.54, 1.807) is 29.2 Å². The number of nitrogens with one attached hydrogen (secondary N) is 1. The van der Waals surface area contributed by atoms with Gasteiger partial charge in [0.05, 0.1) is 31.3 Å². The Balaban J connectivity index is 1.46. The van der Waals surface area contributed by atoms with Crippen LogP contribution in [0.15, 0.2) is 29.3 Å². The Morgan fingerprint density at radius 3 is 2.68 bits per heavy atom. The molecule has 8 nitrogen and oxygen atoms in total. The van der Waals surface area contributed by atoms with Crippen LogP contribution in [0.2, 0.25) is 0 Å². The zero-order chi connectivity index (χ0) is 19.9.